The van der Waals surface area contributed by atoms with Crippen LogP contribution in [0.1, 0.15) is 61.9 Å². The number of anilines is 1. The van der Waals surface area contributed by atoms with Gasteiger partial charge in [0.2, 0.25) is 21.8 Å². The predicted octanol–water partition coefficient (Wildman–Crippen LogP) is 2.94. The fourth-order valence-corrected chi connectivity index (χ4v) is 7.99. The third-order valence-corrected chi connectivity index (χ3v) is 10.2. The molecule has 1 aliphatic carbocycles. The number of benzene rings is 1. The molecule has 2 aromatic rings. The Kier molecular flexibility index (Phi) is 7.40. The minimum absolute atomic E-state index is 0.0249. The zero-order valence-corrected chi connectivity index (χ0v) is 22.6. The Labute approximate surface area is 219 Å². The number of sulfonamides is 1. The van der Waals surface area contributed by atoms with Crippen LogP contribution in [-0.4, -0.2) is 60.0 Å². The van der Waals surface area contributed by atoms with Gasteiger partial charge in [0.25, 0.3) is 0 Å². The lowest BCUT2D eigenvalue weighted by atomic mass is 9.93. The Morgan fingerprint density at radius 2 is 1.78 bits per heavy atom. The predicted molar refractivity (Wildman–Crippen MR) is 141 cm³/mol. The Bertz CT molecular complexity index is 1280. The van der Waals surface area contributed by atoms with E-state index in [1.54, 1.807) is 18.7 Å². The molecule has 1 saturated heterocycles. The second kappa shape index (κ2) is 10.6. The van der Waals surface area contributed by atoms with E-state index in [4.69, 9.17) is 0 Å². The molecule has 3 heterocycles. The van der Waals surface area contributed by atoms with E-state index in [2.05, 4.69) is 10.4 Å². The molecule has 2 amide bonds. The average Bonchev–Trinajstić information content (AvgIpc) is 3.45. The largest absolute Gasteiger partial charge is 0.353 e. The Hall–Kier alpha value is -2.72. The minimum atomic E-state index is -3.86. The molecule has 5 rings (SSSR count). The molecule has 200 valence electrons. The van der Waals surface area contributed by atoms with Crippen molar-refractivity contribution in [2.75, 3.05) is 24.5 Å². The van der Waals surface area contributed by atoms with Gasteiger partial charge in [-0.05, 0) is 57.6 Å². The lowest BCUT2D eigenvalue weighted by molar-refractivity contribution is -0.127. The van der Waals surface area contributed by atoms with Crippen molar-refractivity contribution < 1.29 is 18.0 Å². The molecular weight excluding hydrogens is 490 g/mol. The van der Waals surface area contributed by atoms with E-state index in [1.807, 2.05) is 24.3 Å². The highest BCUT2D eigenvalue weighted by Crippen LogP contribution is 2.30. The van der Waals surface area contributed by atoms with Gasteiger partial charge in [0.15, 0.2) is 0 Å². The molecule has 1 atom stereocenters. The molecule has 2 aliphatic heterocycles. The summed E-state index contributed by atoms with van der Waals surface area (Å²) in [4.78, 5) is 28.0. The van der Waals surface area contributed by atoms with Gasteiger partial charge in [-0.25, -0.2) is 8.42 Å². The van der Waals surface area contributed by atoms with Crippen LogP contribution in [0.15, 0.2) is 29.2 Å². The molecule has 10 heteroatoms. The van der Waals surface area contributed by atoms with Crippen LogP contribution in [0.5, 0.6) is 0 Å². The number of carbonyl (C=O) groups excluding carboxylic acids is 2. The van der Waals surface area contributed by atoms with E-state index in [0.717, 1.165) is 43.4 Å². The zero-order valence-electron chi connectivity index (χ0n) is 21.8. The summed E-state index contributed by atoms with van der Waals surface area (Å²) in [6.07, 6.45) is 7.61. The van der Waals surface area contributed by atoms with Gasteiger partial charge in [0, 0.05) is 31.4 Å². The normalized spacial score (nSPS) is 21.1. The number of carbonyl (C=O) groups is 2. The summed E-state index contributed by atoms with van der Waals surface area (Å²) in [7, 11) is -3.86. The first-order valence-electron chi connectivity index (χ1n) is 13.5. The van der Waals surface area contributed by atoms with Gasteiger partial charge in [-0.1, -0.05) is 37.5 Å². The number of hydrogen-bond donors (Lipinski definition) is 1. The first-order valence-corrected chi connectivity index (χ1v) is 14.9. The summed E-state index contributed by atoms with van der Waals surface area (Å²) < 4.78 is 30.4. The van der Waals surface area contributed by atoms with Crippen LogP contribution in [0.3, 0.4) is 0 Å². The topological polar surface area (TPSA) is 105 Å². The summed E-state index contributed by atoms with van der Waals surface area (Å²) >= 11 is 0. The van der Waals surface area contributed by atoms with E-state index in [-0.39, 0.29) is 41.8 Å². The lowest BCUT2D eigenvalue weighted by Gasteiger charge is -2.32. The highest BCUT2D eigenvalue weighted by Gasteiger charge is 2.37. The van der Waals surface area contributed by atoms with Crippen LogP contribution in [0.25, 0.3) is 0 Å². The van der Waals surface area contributed by atoms with Gasteiger partial charge in [0.05, 0.1) is 17.3 Å². The molecule has 1 aromatic heterocycles. The number of aromatic nitrogens is 2. The van der Waals surface area contributed by atoms with Crippen LogP contribution in [0, 0.1) is 19.8 Å². The fraction of sp³-hybridized carbons (Fsp3) is 0.593. The molecule has 0 spiro atoms. The Balaban J connectivity index is 1.29. The average molecular weight is 528 g/mol. The van der Waals surface area contributed by atoms with Crippen LogP contribution in [-0.2, 0) is 32.6 Å². The van der Waals surface area contributed by atoms with Gasteiger partial charge in [-0.15, -0.1) is 0 Å². The van der Waals surface area contributed by atoms with Crippen LogP contribution in [0.2, 0.25) is 0 Å². The van der Waals surface area contributed by atoms with Gasteiger partial charge >= 0.3 is 0 Å². The fourth-order valence-electron chi connectivity index (χ4n) is 6.09. The highest BCUT2D eigenvalue weighted by atomic mass is 32.2. The van der Waals surface area contributed by atoms with E-state index in [1.165, 1.54) is 15.4 Å². The molecule has 1 saturated carbocycles. The van der Waals surface area contributed by atoms with Crippen molar-refractivity contribution in [1.82, 2.24) is 19.4 Å². The van der Waals surface area contributed by atoms with Crippen molar-refractivity contribution in [3.63, 3.8) is 0 Å². The van der Waals surface area contributed by atoms with Gasteiger partial charge < -0.3 is 10.2 Å². The van der Waals surface area contributed by atoms with Gasteiger partial charge in [-0.2, -0.15) is 9.40 Å². The summed E-state index contributed by atoms with van der Waals surface area (Å²) in [5.41, 5.74) is 2.88. The van der Waals surface area contributed by atoms with Crippen molar-refractivity contribution >= 4 is 27.5 Å². The third kappa shape index (κ3) is 5.18. The number of fused-ring (bicyclic) bond motifs is 1. The number of para-hydroxylation sites is 1. The van der Waals surface area contributed by atoms with Crippen molar-refractivity contribution in [1.29, 1.82) is 0 Å². The quantitative estimate of drug-likeness (QED) is 0.622. The van der Waals surface area contributed by atoms with Gasteiger partial charge in [-0.3, -0.25) is 14.3 Å². The molecule has 9 nitrogen and oxygen atoms in total. The van der Waals surface area contributed by atoms with E-state index >= 15 is 0 Å². The summed E-state index contributed by atoms with van der Waals surface area (Å²) in [6.45, 7) is 4.51. The molecule has 1 N–H and O–H groups in total. The molecule has 2 fully saturated rings. The molecule has 0 bridgehead atoms. The highest BCUT2D eigenvalue weighted by molar-refractivity contribution is 7.89. The standard InChI is InChI=1S/C27H37N5O4S/c1-19-26(20(2)32(29-19)18-25(33)31-16-14-21-9-6-7-13-24(21)31)37(35,36)30-15-8-10-22(17-30)27(34)28-23-11-4-3-5-12-23/h6-7,9,13,22-23H,3-5,8,10-12,14-18H2,1-2H3,(H,28,34)/t22-/m1/s1. The number of rotatable bonds is 6. The molecule has 1 aromatic carbocycles. The first kappa shape index (κ1) is 25.9. The maximum Gasteiger partial charge on any atom is 0.248 e. The number of nitrogens with zero attached hydrogens (tertiary/aromatic N) is 4. The summed E-state index contributed by atoms with van der Waals surface area (Å²) in [5.74, 6) is -0.498. The van der Waals surface area contributed by atoms with Crippen molar-refractivity contribution in [2.45, 2.75) is 82.7 Å². The monoisotopic (exact) mass is 527 g/mol. The maximum absolute atomic E-state index is 13.8. The number of hydrogen-bond acceptors (Lipinski definition) is 5. The first-order chi connectivity index (χ1) is 17.8. The summed E-state index contributed by atoms with van der Waals surface area (Å²) in [5, 5.41) is 7.62. The molecule has 0 radical (unpaired) electrons. The molecule has 37 heavy (non-hydrogen) atoms. The van der Waals surface area contributed by atoms with Crippen molar-refractivity contribution in [2.24, 2.45) is 5.92 Å². The SMILES string of the molecule is Cc1nn(CC(=O)N2CCc3ccccc32)c(C)c1S(=O)(=O)N1CCC[C@@H](C(=O)NC2CCCCC2)C1. The van der Waals surface area contributed by atoms with Crippen LogP contribution < -0.4 is 10.2 Å². The maximum atomic E-state index is 13.8. The van der Waals surface area contributed by atoms with Gasteiger partial charge in [0.1, 0.15) is 11.4 Å². The second-order valence-electron chi connectivity index (χ2n) is 10.6. The second-order valence-corrected chi connectivity index (χ2v) is 12.5. The zero-order chi connectivity index (χ0) is 26.2. The van der Waals surface area contributed by atoms with E-state index in [9.17, 15) is 18.0 Å². The van der Waals surface area contributed by atoms with Crippen LogP contribution in [0.4, 0.5) is 5.69 Å². The van der Waals surface area contributed by atoms with E-state index < -0.39 is 10.0 Å². The molecule has 0 unspecified atom stereocenters. The minimum Gasteiger partial charge on any atom is -0.353 e. The van der Waals surface area contributed by atoms with Crippen molar-refractivity contribution in [3.05, 3.63) is 41.2 Å². The smallest absolute Gasteiger partial charge is 0.248 e. The van der Waals surface area contributed by atoms with Crippen molar-refractivity contribution in [3.8, 4) is 0 Å². The Morgan fingerprint density at radius 1 is 1.03 bits per heavy atom. The third-order valence-electron chi connectivity index (χ3n) is 8.09. The number of amides is 2. The lowest BCUT2D eigenvalue weighted by Crippen LogP contribution is -2.48. The number of nitrogens with one attached hydrogen (secondary N) is 1. The molecule has 3 aliphatic rings. The Morgan fingerprint density at radius 3 is 2.57 bits per heavy atom. The van der Waals surface area contributed by atoms with Crippen LogP contribution >= 0.6 is 0 Å². The number of piperidine rings is 1. The molecular formula is C27H37N5O4S. The summed E-state index contributed by atoms with van der Waals surface area (Å²) in [6, 6.07) is 8.05. The number of aryl methyl sites for hydroxylation is 1. The van der Waals surface area contributed by atoms with E-state index in [0.29, 0.717) is 37.3 Å².